The second kappa shape index (κ2) is 6.78. The zero-order valence-electron chi connectivity index (χ0n) is 11.7. The molecule has 0 aliphatic carbocycles. The molecule has 0 spiro atoms. The molecule has 2 rings (SSSR count). The Bertz CT molecular complexity index is 550. The first kappa shape index (κ1) is 15.6. The van der Waals surface area contributed by atoms with E-state index in [0.29, 0.717) is 18.3 Å². The van der Waals surface area contributed by atoms with E-state index < -0.39 is 5.97 Å². The lowest BCUT2D eigenvalue weighted by Crippen LogP contribution is -2.40. The standard InChI is InChI=1S/C14H18ClN3O3/c1-18-4-2-3-12(18)8-16-14(21)17-11-6-9(13(19)20)5-10(15)7-11/h5-7,12H,2-4,8H2,1H3,(H,19,20)(H2,16,17,21). The number of likely N-dealkylation sites (N-methyl/N-ethyl adjacent to an activating group) is 1. The van der Waals surface area contributed by atoms with Crippen LogP contribution >= 0.6 is 11.6 Å². The van der Waals surface area contributed by atoms with Gasteiger partial charge in [0.1, 0.15) is 0 Å². The maximum Gasteiger partial charge on any atom is 0.335 e. The largest absolute Gasteiger partial charge is 0.478 e. The normalized spacial score (nSPS) is 18.5. The van der Waals surface area contributed by atoms with Crippen LogP contribution in [0.4, 0.5) is 10.5 Å². The number of carbonyl (C=O) groups is 2. The summed E-state index contributed by atoms with van der Waals surface area (Å²) in [7, 11) is 2.04. The number of hydrogen-bond acceptors (Lipinski definition) is 3. The number of halogens is 1. The molecule has 1 aromatic carbocycles. The molecule has 0 radical (unpaired) electrons. The molecule has 1 unspecified atom stereocenters. The van der Waals surface area contributed by atoms with Gasteiger partial charge in [0.2, 0.25) is 0 Å². The number of rotatable bonds is 4. The Morgan fingerprint density at radius 3 is 2.81 bits per heavy atom. The van der Waals surface area contributed by atoms with E-state index in [4.69, 9.17) is 16.7 Å². The fourth-order valence-corrected chi connectivity index (χ4v) is 2.64. The molecule has 6 nitrogen and oxygen atoms in total. The molecule has 1 fully saturated rings. The van der Waals surface area contributed by atoms with Crippen LogP contribution in [0.5, 0.6) is 0 Å². The van der Waals surface area contributed by atoms with Gasteiger partial charge in [0.15, 0.2) is 0 Å². The van der Waals surface area contributed by atoms with E-state index >= 15 is 0 Å². The Morgan fingerprint density at radius 1 is 1.43 bits per heavy atom. The van der Waals surface area contributed by atoms with Crippen LogP contribution in [0.15, 0.2) is 18.2 Å². The van der Waals surface area contributed by atoms with Crippen molar-refractivity contribution in [3.63, 3.8) is 0 Å². The molecule has 1 aliphatic rings. The fraction of sp³-hybridized carbons (Fsp3) is 0.429. The number of carboxylic acid groups (broad SMARTS) is 1. The van der Waals surface area contributed by atoms with Crippen molar-refractivity contribution in [3.05, 3.63) is 28.8 Å². The molecule has 0 saturated carbocycles. The Kier molecular flexibility index (Phi) is 5.03. The van der Waals surface area contributed by atoms with E-state index in [1.54, 1.807) is 0 Å². The van der Waals surface area contributed by atoms with Crippen molar-refractivity contribution in [2.75, 3.05) is 25.5 Å². The van der Waals surface area contributed by atoms with E-state index in [1.807, 2.05) is 7.05 Å². The summed E-state index contributed by atoms with van der Waals surface area (Å²) >= 11 is 5.84. The van der Waals surface area contributed by atoms with Gasteiger partial charge in [-0.3, -0.25) is 0 Å². The summed E-state index contributed by atoms with van der Waals surface area (Å²) in [6.45, 7) is 1.61. The first-order valence-corrected chi connectivity index (χ1v) is 7.12. The number of nitrogens with one attached hydrogen (secondary N) is 2. The summed E-state index contributed by atoms with van der Waals surface area (Å²) in [6.07, 6.45) is 2.21. The van der Waals surface area contributed by atoms with Crippen molar-refractivity contribution in [1.82, 2.24) is 10.2 Å². The SMILES string of the molecule is CN1CCCC1CNC(=O)Nc1cc(Cl)cc(C(=O)O)c1. The minimum atomic E-state index is -1.09. The van der Waals surface area contributed by atoms with Gasteiger partial charge in [-0.15, -0.1) is 0 Å². The lowest BCUT2D eigenvalue weighted by atomic mass is 10.2. The molecule has 2 amide bonds. The molecule has 114 valence electrons. The van der Waals surface area contributed by atoms with Crippen LogP contribution < -0.4 is 10.6 Å². The highest BCUT2D eigenvalue weighted by Gasteiger charge is 2.21. The average molecular weight is 312 g/mol. The molecular weight excluding hydrogens is 294 g/mol. The average Bonchev–Trinajstić information content (AvgIpc) is 2.81. The summed E-state index contributed by atoms with van der Waals surface area (Å²) in [4.78, 5) is 25.0. The van der Waals surface area contributed by atoms with Crippen molar-refractivity contribution in [1.29, 1.82) is 0 Å². The zero-order chi connectivity index (χ0) is 15.4. The molecule has 1 aliphatic heterocycles. The second-order valence-electron chi connectivity index (χ2n) is 5.15. The Balaban J connectivity index is 1.91. The molecule has 7 heteroatoms. The highest BCUT2D eigenvalue weighted by molar-refractivity contribution is 6.31. The van der Waals surface area contributed by atoms with E-state index in [2.05, 4.69) is 15.5 Å². The van der Waals surface area contributed by atoms with Gasteiger partial charge in [0, 0.05) is 23.3 Å². The van der Waals surface area contributed by atoms with Crippen molar-refractivity contribution < 1.29 is 14.7 Å². The van der Waals surface area contributed by atoms with Gasteiger partial charge in [-0.25, -0.2) is 9.59 Å². The Labute approximate surface area is 128 Å². The monoisotopic (exact) mass is 311 g/mol. The number of urea groups is 1. The third-order valence-corrected chi connectivity index (χ3v) is 3.79. The van der Waals surface area contributed by atoms with Crippen LogP contribution in [-0.2, 0) is 0 Å². The van der Waals surface area contributed by atoms with Gasteiger partial charge < -0.3 is 20.6 Å². The first-order chi connectivity index (χ1) is 9.95. The van der Waals surface area contributed by atoms with Crippen LogP contribution in [-0.4, -0.2) is 48.2 Å². The van der Waals surface area contributed by atoms with E-state index in [1.165, 1.54) is 18.2 Å². The van der Waals surface area contributed by atoms with Gasteiger partial charge >= 0.3 is 12.0 Å². The quantitative estimate of drug-likeness (QED) is 0.796. The van der Waals surface area contributed by atoms with Gasteiger partial charge in [0.25, 0.3) is 0 Å². The van der Waals surface area contributed by atoms with Crippen molar-refractivity contribution in [2.45, 2.75) is 18.9 Å². The molecule has 0 bridgehead atoms. The second-order valence-corrected chi connectivity index (χ2v) is 5.58. The molecule has 1 atom stereocenters. The predicted octanol–water partition coefficient (Wildman–Crippen LogP) is 2.25. The van der Waals surface area contributed by atoms with Crippen LogP contribution in [0.1, 0.15) is 23.2 Å². The molecule has 1 saturated heterocycles. The molecular formula is C14H18ClN3O3. The number of nitrogens with zero attached hydrogens (tertiary/aromatic N) is 1. The van der Waals surface area contributed by atoms with Crippen molar-refractivity contribution >= 4 is 29.3 Å². The number of carbonyl (C=O) groups excluding carboxylic acids is 1. The van der Waals surface area contributed by atoms with Gasteiger partial charge in [-0.1, -0.05) is 11.6 Å². The van der Waals surface area contributed by atoms with Gasteiger partial charge in [0.05, 0.1) is 5.56 Å². The predicted molar refractivity (Wildman–Crippen MR) is 81.1 cm³/mol. The number of aromatic carboxylic acids is 1. The molecule has 0 aromatic heterocycles. The zero-order valence-corrected chi connectivity index (χ0v) is 12.5. The topological polar surface area (TPSA) is 81.7 Å². The summed E-state index contributed by atoms with van der Waals surface area (Å²) in [5.41, 5.74) is 0.394. The fourth-order valence-electron chi connectivity index (χ4n) is 2.41. The summed E-state index contributed by atoms with van der Waals surface area (Å²) in [6, 6.07) is 4.20. The molecule has 1 heterocycles. The number of hydrogen-bond donors (Lipinski definition) is 3. The van der Waals surface area contributed by atoms with E-state index in [9.17, 15) is 9.59 Å². The van der Waals surface area contributed by atoms with Gasteiger partial charge in [-0.2, -0.15) is 0 Å². The van der Waals surface area contributed by atoms with E-state index in [0.717, 1.165) is 19.4 Å². The van der Waals surface area contributed by atoms with Crippen LogP contribution in [0, 0.1) is 0 Å². The Morgan fingerprint density at radius 2 is 2.19 bits per heavy atom. The number of amides is 2. The van der Waals surface area contributed by atoms with Gasteiger partial charge in [-0.05, 0) is 44.6 Å². The maximum atomic E-state index is 11.8. The minimum absolute atomic E-state index is 0.0355. The van der Waals surface area contributed by atoms with Crippen molar-refractivity contribution in [2.24, 2.45) is 0 Å². The lowest BCUT2D eigenvalue weighted by molar-refractivity contribution is 0.0697. The maximum absolute atomic E-state index is 11.8. The number of anilines is 1. The van der Waals surface area contributed by atoms with Crippen LogP contribution in [0.3, 0.4) is 0 Å². The first-order valence-electron chi connectivity index (χ1n) is 6.74. The third kappa shape index (κ3) is 4.34. The lowest BCUT2D eigenvalue weighted by Gasteiger charge is -2.19. The number of likely N-dealkylation sites (tertiary alicyclic amines) is 1. The van der Waals surface area contributed by atoms with Crippen molar-refractivity contribution in [3.8, 4) is 0 Å². The Hall–Kier alpha value is -1.79. The number of benzene rings is 1. The van der Waals surface area contributed by atoms with E-state index in [-0.39, 0.29) is 16.6 Å². The molecule has 1 aromatic rings. The molecule has 21 heavy (non-hydrogen) atoms. The number of carboxylic acids is 1. The smallest absolute Gasteiger partial charge is 0.335 e. The summed E-state index contributed by atoms with van der Waals surface area (Å²) in [5.74, 6) is -1.09. The highest BCUT2D eigenvalue weighted by atomic mass is 35.5. The highest BCUT2D eigenvalue weighted by Crippen LogP contribution is 2.19. The van der Waals surface area contributed by atoms with Crippen LogP contribution in [0.25, 0.3) is 0 Å². The third-order valence-electron chi connectivity index (χ3n) is 3.57. The summed E-state index contributed by atoms with van der Waals surface area (Å²) in [5, 5.41) is 14.6. The molecule has 3 N–H and O–H groups in total. The summed E-state index contributed by atoms with van der Waals surface area (Å²) < 4.78 is 0. The minimum Gasteiger partial charge on any atom is -0.478 e. The van der Waals surface area contributed by atoms with Crippen LogP contribution in [0.2, 0.25) is 5.02 Å².